The second kappa shape index (κ2) is 34.3. The van der Waals surface area contributed by atoms with Gasteiger partial charge in [0.25, 0.3) is 0 Å². The Morgan fingerprint density at radius 2 is 0.560 bits per heavy atom. The fraction of sp³-hybridized carbons (Fsp3) is 0.981. The average molecular weight is 1470 g/mol. The third kappa shape index (κ3) is 16.9. The molecule has 10 aliphatic rings. The lowest BCUT2D eigenvalue weighted by atomic mass is 9.94. The summed E-state index contributed by atoms with van der Waals surface area (Å²) in [6, 6.07) is 0. The molecular weight excluding hydrogens is 1380 g/mol. The molecule has 0 aromatic heterocycles. The van der Waals surface area contributed by atoms with Crippen molar-refractivity contribution in [1.82, 2.24) is 0 Å². The van der Waals surface area contributed by atoms with Crippen molar-refractivity contribution in [3.8, 4) is 0 Å². The van der Waals surface area contributed by atoms with Crippen LogP contribution in [0.3, 0.4) is 0 Å². The van der Waals surface area contributed by atoms with Crippen molar-refractivity contribution >= 4 is 5.97 Å². The highest BCUT2D eigenvalue weighted by Gasteiger charge is 2.62. The van der Waals surface area contributed by atoms with Gasteiger partial charge < -0.3 is 223 Å². The molecule has 0 amide bonds. The van der Waals surface area contributed by atoms with E-state index in [1.165, 1.54) is 0 Å². The van der Waals surface area contributed by atoms with Crippen molar-refractivity contribution in [2.45, 2.75) is 270 Å². The Morgan fingerprint density at radius 1 is 0.260 bits per heavy atom. The number of aliphatic hydroxyl groups excluding tert-OH is 25. The Hall–Kier alpha value is -2.29. The molecule has 0 aromatic rings. The quantitative estimate of drug-likeness (QED) is 0.0479. The van der Waals surface area contributed by atoms with Crippen LogP contribution in [-0.4, -0.2) is 469 Å². The number of aliphatic carboxylic acids is 1. The van der Waals surface area contributed by atoms with E-state index in [0.29, 0.717) is 0 Å². The number of hydrogen-bond donors (Lipinski definition) is 26. The number of carboxylic acid groups (broad SMARTS) is 1. The van der Waals surface area contributed by atoms with Gasteiger partial charge in [0.2, 0.25) is 0 Å². The average Bonchev–Trinajstić information content (AvgIpc) is 0.750. The predicted molar refractivity (Wildman–Crippen MR) is 294 cm³/mol. The SMILES string of the molecule is O=C(O)[C@H]1O[C@@H](O[C@@H]2C(O)O[C@H](CO)[C@@H](O[C@@H]3OC[C@@H](O[C@@H]4OC[C@@H](O)[C@H](O)[C@H]4O)[C@H](O)[C@H]3O)[C@@H]2O[C@H]2O[C@H](CO)[C@@H](O[C@@H]3OC[C@@H](O)[C@H](O)[C@H]3O)[C@H](O[C@H]3O[C@H](CO)[C@@H](O[C@@H]4OC[C@@H](O)[C@H](O)[C@H]4O)[C@H](O)[C@@H]3O[C@@H]3OC[C@@H](O)[C@H](O)[C@H]3O)[C@@H]2O[C@@H]2OC[C@@H](O)[C@H](O)[C@H]2O)[C@H](O)[C@@H](O)[C@@H]1O. The Kier molecular flexibility index (Phi) is 27.5. The molecule has 10 saturated heterocycles. The Balaban J connectivity index is 1.08. The second-order valence-electron chi connectivity index (χ2n) is 25.3. The third-order valence-corrected chi connectivity index (χ3v) is 18.5. The van der Waals surface area contributed by atoms with Crippen LogP contribution in [0.1, 0.15) is 0 Å². The summed E-state index contributed by atoms with van der Waals surface area (Å²) in [5, 5.41) is 285. The minimum atomic E-state index is -2.62. The lowest BCUT2D eigenvalue weighted by molar-refractivity contribution is -0.431. The molecule has 0 saturated carbocycles. The summed E-state index contributed by atoms with van der Waals surface area (Å²) in [5.41, 5.74) is 0. The topological polar surface area (TPSA) is 718 Å². The lowest BCUT2D eigenvalue weighted by Gasteiger charge is -2.53. The summed E-state index contributed by atoms with van der Waals surface area (Å²) in [4.78, 5) is 12.4. The summed E-state index contributed by atoms with van der Waals surface area (Å²) in [6.07, 6.45) is -96.0. The molecule has 580 valence electrons. The van der Waals surface area contributed by atoms with Crippen LogP contribution in [0.15, 0.2) is 0 Å². The van der Waals surface area contributed by atoms with E-state index in [-0.39, 0.29) is 0 Å². The molecule has 0 spiro atoms. The minimum Gasteiger partial charge on any atom is -0.479 e. The largest absolute Gasteiger partial charge is 0.479 e. The van der Waals surface area contributed by atoms with Crippen LogP contribution in [0.5, 0.6) is 0 Å². The van der Waals surface area contributed by atoms with Gasteiger partial charge in [-0.1, -0.05) is 0 Å². The van der Waals surface area contributed by atoms with E-state index in [0.717, 1.165) is 0 Å². The van der Waals surface area contributed by atoms with Crippen LogP contribution in [0.25, 0.3) is 0 Å². The van der Waals surface area contributed by atoms with E-state index >= 15 is 0 Å². The molecule has 100 heavy (non-hydrogen) atoms. The highest BCUT2D eigenvalue weighted by Crippen LogP contribution is 2.42. The minimum absolute atomic E-state index is 0.584. The van der Waals surface area contributed by atoms with Gasteiger partial charge in [-0.15, -0.1) is 0 Å². The molecule has 10 heterocycles. The highest BCUT2D eigenvalue weighted by atomic mass is 16.8. The van der Waals surface area contributed by atoms with E-state index < -0.39 is 336 Å². The first kappa shape index (κ1) is 80.3. The van der Waals surface area contributed by atoms with Crippen LogP contribution in [-0.2, 0) is 94.8 Å². The van der Waals surface area contributed by atoms with E-state index in [4.69, 9.17) is 90.0 Å². The van der Waals surface area contributed by atoms with Gasteiger partial charge in [-0.25, -0.2) is 4.79 Å². The molecule has 10 aliphatic heterocycles. The molecule has 0 aliphatic carbocycles. The molecular formula is C54H88O46. The van der Waals surface area contributed by atoms with Crippen LogP contribution in [0, 0.1) is 0 Å². The molecule has 10 rings (SSSR count). The van der Waals surface area contributed by atoms with Gasteiger partial charge in [0, 0.05) is 0 Å². The van der Waals surface area contributed by atoms with Crippen molar-refractivity contribution in [3.05, 3.63) is 0 Å². The summed E-state index contributed by atoms with van der Waals surface area (Å²) >= 11 is 0. The first-order chi connectivity index (χ1) is 47.4. The zero-order chi connectivity index (χ0) is 72.8. The maximum absolute atomic E-state index is 12.5. The fourth-order valence-electron chi connectivity index (χ4n) is 12.6. The number of rotatable bonds is 22. The van der Waals surface area contributed by atoms with Gasteiger partial charge in [0.1, 0.15) is 201 Å². The molecule has 26 N–H and O–H groups in total. The van der Waals surface area contributed by atoms with Gasteiger partial charge in [-0.3, -0.25) is 0 Å². The van der Waals surface area contributed by atoms with Crippen LogP contribution in [0.4, 0.5) is 0 Å². The van der Waals surface area contributed by atoms with Gasteiger partial charge >= 0.3 is 5.97 Å². The normalized spacial score (nSPS) is 53.8. The number of hydrogen-bond acceptors (Lipinski definition) is 45. The molecule has 1 unspecified atom stereocenters. The van der Waals surface area contributed by atoms with Crippen molar-refractivity contribution in [3.63, 3.8) is 0 Å². The van der Waals surface area contributed by atoms with E-state index in [1.54, 1.807) is 0 Å². The standard InChI is InChI=1S/C54H88O46/c55-1-15-35(92-47-28(72)20(64)11(59)5-83-47)34(78)39(96-49-30(74)22(66)13(61)7-85-49)53(89-15)98-41-37(94-48-29(73)21(65)12(60)6-84-48)17(3-57)90-54(43(41)100-50-31(75)23(67)14(62)8-86-50)97-40-36(93-51-32(76)24(68)18(9-87-51)91-46-27(71)19(63)10(58)4-82-46)16(2-56)88-45(81)42(40)99-52-33(77)25(69)26(70)38(95-52)44(79)80/h10-43,45-78,81H,1-9H2,(H,79,80)/t10-,11-,12-,13-,14-,15-,16-,17-,18-,19+,20+,21+,22+,23+,24+,25+,26+,27-,28-,29-,30-,31-,32-,33-,34+,35-,36-,37-,38+,39+,40+,41+,42+,43+,45?,46+,47+,48+,49+,50+,51+,52+,53-,54-/m1/s1. The zero-order valence-corrected chi connectivity index (χ0v) is 52.1. The maximum Gasteiger partial charge on any atom is 0.335 e. The Morgan fingerprint density at radius 3 is 0.970 bits per heavy atom. The lowest BCUT2D eigenvalue weighted by Crippen LogP contribution is -2.71. The molecule has 0 radical (unpaired) electrons. The van der Waals surface area contributed by atoms with E-state index in [1.807, 2.05) is 0 Å². The Labute approximate surface area is 562 Å². The molecule has 46 nitrogen and oxygen atoms in total. The highest BCUT2D eigenvalue weighted by molar-refractivity contribution is 5.73. The molecule has 0 bridgehead atoms. The fourth-order valence-corrected chi connectivity index (χ4v) is 12.6. The molecule has 44 atom stereocenters. The molecule has 10 fully saturated rings. The number of ether oxygens (including phenoxy) is 19. The van der Waals surface area contributed by atoms with Crippen molar-refractivity contribution in [2.24, 2.45) is 0 Å². The first-order valence-electron chi connectivity index (χ1n) is 31.6. The van der Waals surface area contributed by atoms with E-state index in [2.05, 4.69) is 0 Å². The van der Waals surface area contributed by atoms with Gasteiger partial charge in [-0.05, 0) is 0 Å². The van der Waals surface area contributed by atoms with Crippen molar-refractivity contribution < 1.29 is 228 Å². The number of aliphatic hydroxyl groups is 25. The van der Waals surface area contributed by atoms with Gasteiger partial charge in [0.15, 0.2) is 69.0 Å². The van der Waals surface area contributed by atoms with Crippen molar-refractivity contribution in [1.29, 1.82) is 0 Å². The number of carbonyl (C=O) groups is 1. The van der Waals surface area contributed by atoms with Crippen LogP contribution >= 0.6 is 0 Å². The smallest absolute Gasteiger partial charge is 0.335 e. The summed E-state index contributed by atoms with van der Waals surface area (Å²) < 4.78 is 112. The third-order valence-electron chi connectivity index (χ3n) is 18.5. The summed E-state index contributed by atoms with van der Waals surface area (Å²) in [6.45, 7) is -8.49. The van der Waals surface area contributed by atoms with Gasteiger partial charge in [0.05, 0.1) is 59.5 Å². The van der Waals surface area contributed by atoms with Crippen LogP contribution in [0.2, 0.25) is 0 Å². The second-order valence-corrected chi connectivity index (χ2v) is 25.3. The predicted octanol–water partition coefficient (Wildman–Crippen LogP) is -18.9. The van der Waals surface area contributed by atoms with Crippen LogP contribution < -0.4 is 0 Å². The van der Waals surface area contributed by atoms with Gasteiger partial charge in [-0.2, -0.15) is 0 Å². The maximum atomic E-state index is 12.5. The molecule has 46 heteroatoms. The first-order valence-corrected chi connectivity index (χ1v) is 31.6. The Bertz CT molecular complexity index is 2540. The zero-order valence-electron chi connectivity index (χ0n) is 52.1. The van der Waals surface area contributed by atoms with Crippen molar-refractivity contribution in [2.75, 3.05) is 59.5 Å². The molecule has 0 aromatic carbocycles. The van der Waals surface area contributed by atoms with E-state index in [9.17, 15) is 138 Å². The summed E-state index contributed by atoms with van der Waals surface area (Å²) in [5.74, 6) is -1.97. The number of carboxylic acids is 1. The monoisotopic (exact) mass is 1470 g/mol. The summed E-state index contributed by atoms with van der Waals surface area (Å²) in [7, 11) is 0.